The number of ether oxygens (including phenoxy) is 1. The summed E-state index contributed by atoms with van der Waals surface area (Å²) < 4.78 is 7.06. The van der Waals surface area contributed by atoms with Gasteiger partial charge in [0.15, 0.2) is 0 Å². The maximum atomic E-state index is 5.92. The molecule has 0 atom stereocenters. The van der Waals surface area contributed by atoms with Crippen LogP contribution in [0.4, 0.5) is 0 Å². The lowest BCUT2D eigenvalue weighted by Gasteiger charge is -2.15. The molecule has 0 heterocycles. The third-order valence-corrected chi connectivity index (χ3v) is 3.78. The second-order valence-corrected chi connectivity index (χ2v) is 5.32. The van der Waals surface area contributed by atoms with Crippen LogP contribution >= 0.6 is 15.9 Å². The minimum atomic E-state index is 0.810. The summed E-state index contributed by atoms with van der Waals surface area (Å²) in [6.07, 6.45) is 13.0. The van der Waals surface area contributed by atoms with Gasteiger partial charge >= 0.3 is 0 Å². The van der Waals surface area contributed by atoms with Crippen LogP contribution in [0.25, 0.3) is 6.08 Å². The van der Waals surface area contributed by atoms with Gasteiger partial charge in [0, 0.05) is 10.0 Å². The zero-order valence-electron chi connectivity index (χ0n) is 10.8. The number of hydrogen-bond donors (Lipinski definition) is 0. The molecule has 0 bridgehead atoms. The minimum absolute atomic E-state index is 0.810. The van der Waals surface area contributed by atoms with Gasteiger partial charge in [0.05, 0.1) is 6.61 Å². The molecule has 0 amide bonds. The third kappa shape index (κ3) is 3.26. The van der Waals surface area contributed by atoms with Crippen LogP contribution in [0, 0.1) is 0 Å². The fraction of sp³-hybridized carbons (Fsp3) is 0.375. The van der Waals surface area contributed by atoms with Gasteiger partial charge in [-0.2, -0.15) is 0 Å². The molecule has 1 nitrogen and oxygen atoms in total. The lowest BCUT2D eigenvalue weighted by molar-refractivity contribution is 0.306. The summed E-state index contributed by atoms with van der Waals surface area (Å²) in [7, 11) is 0. The Labute approximate surface area is 118 Å². The molecular weight excluding hydrogens is 288 g/mol. The Morgan fingerprint density at radius 3 is 3.00 bits per heavy atom. The number of benzene rings is 1. The molecule has 1 aliphatic rings. The Kier molecular flexibility index (Phi) is 5.06. The van der Waals surface area contributed by atoms with Gasteiger partial charge in [0.1, 0.15) is 5.75 Å². The molecular formula is C16H19BrO. The Morgan fingerprint density at radius 1 is 1.28 bits per heavy atom. The van der Waals surface area contributed by atoms with Crippen LogP contribution < -0.4 is 4.74 Å². The van der Waals surface area contributed by atoms with Crippen molar-refractivity contribution in [2.24, 2.45) is 0 Å². The first-order valence-electron chi connectivity index (χ1n) is 6.60. The maximum Gasteiger partial charge on any atom is 0.123 e. The Balaban J connectivity index is 2.29. The van der Waals surface area contributed by atoms with Crippen LogP contribution in [0.5, 0.6) is 5.75 Å². The van der Waals surface area contributed by atoms with Crippen molar-refractivity contribution in [2.45, 2.75) is 32.6 Å². The molecule has 96 valence electrons. The smallest absolute Gasteiger partial charge is 0.123 e. The first kappa shape index (κ1) is 13.4. The Morgan fingerprint density at radius 2 is 2.17 bits per heavy atom. The van der Waals surface area contributed by atoms with E-state index in [1.165, 1.54) is 17.5 Å². The monoisotopic (exact) mass is 306 g/mol. The van der Waals surface area contributed by atoms with Crippen LogP contribution in [-0.4, -0.2) is 6.61 Å². The van der Waals surface area contributed by atoms with E-state index in [-0.39, 0.29) is 0 Å². The molecule has 0 saturated heterocycles. The number of hydrogen-bond acceptors (Lipinski definition) is 1. The lowest BCUT2D eigenvalue weighted by Crippen LogP contribution is -2.02. The summed E-state index contributed by atoms with van der Waals surface area (Å²) in [5, 5.41) is 0. The van der Waals surface area contributed by atoms with Gasteiger partial charge < -0.3 is 4.74 Å². The highest BCUT2D eigenvalue weighted by Gasteiger charge is 2.11. The zero-order valence-corrected chi connectivity index (χ0v) is 12.4. The molecule has 1 aromatic carbocycles. The fourth-order valence-corrected chi connectivity index (χ4v) is 2.57. The van der Waals surface area contributed by atoms with Gasteiger partial charge in [-0.05, 0) is 37.0 Å². The molecule has 0 N–H and O–H groups in total. The number of unbranched alkanes of at least 4 members (excludes halogenated alkanes) is 1. The average Bonchev–Trinajstić information content (AvgIpc) is 2.33. The molecule has 1 aliphatic carbocycles. The summed E-state index contributed by atoms with van der Waals surface area (Å²) in [6.45, 7) is 2.99. The second kappa shape index (κ2) is 6.79. The van der Waals surface area contributed by atoms with Gasteiger partial charge in [-0.15, -0.1) is 0 Å². The lowest BCUT2D eigenvalue weighted by atomic mass is 9.99. The molecule has 18 heavy (non-hydrogen) atoms. The highest BCUT2D eigenvalue weighted by Crippen LogP contribution is 2.32. The highest BCUT2D eigenvalue weighted by molar-refractivity contribution is 9.10. The van der Waals surface area contributed by atoms with Crippen molar-refractivity contribution in [3.63, 3.8) is 0 Å². The van der Waals surface area contributed by atoms with E-state index >= 15 is 0 Å². The summed E-state index contributed by atoms with van der Waals surface area (Å²) in [5.74, 6) is 1.04. The molecule has 0 radical (unpaired) electrons. The summed E-state index contributed by atoms with van der Waals surface area (Å²) in [5.41, 5.74) is 2.58. The summed E-state index contributed by atoms with van der Waals surface area (Å²) in [4.78, 5) is 0. The number of allylic oxidation sites excluding steroid dienone is 3. The average molecular weight is 307 g/mol. The SMILES string of the molecule is CCCCOc1ccc(Br)c2c1CC/C=C/C=C\2. The molecule has 0 unspecified atom stereocenters. The van der Waals surface area contributed by atoms with Crippen LogP contribution in [0.1, 0.15) is 37.3 Å². The van der Waals surface area contributed by atoms with Crippen molar-refractivity contribution in [1.82, 2.24) is 0 Å². The third-order valence-electron chi connectivity index (χ3n) is 3.09. The second-order valence-electron chi connectivity index (χ2n) is 4.47. The van der Waals surface area contributed by atoms with Crippen molar-refractivity contribution >= 4 is 22.0 Å². The number of rotatable bonds is 4. The van der Waals surface area contributed by atoms with Crippen molar-refractivity contribution < 1.29 is 4.74 Å². The molecule has 0 spiro atoms. The van der Waals surface area contributed by atoms with Crippen LogP contribution in [-0.2, 0) is 6.42 Å². The van der Waals surface area contributed by atoms with Crippen molar-refractivity contribution in [1.29, 1.82) is 0 Å². The van der Waals surface area contributed by atoms with Crippen LogP contribution in [0.2, 0.25) is 0 Å². The molecule has 0 saturated carbocycles. The summed E-state index contributed by atoms with van der Waals surface area (Å²) >= 11 is 3.63. The predicted molar refractivity (Wildman–Crippen MR) is 81.0 cm³/mol. The number of halogens is 1. The van der Waals surface area contributed by atoms with E-state index in [9.17, 15) is 0 Å². The molecule has 0 aromatic heterocycles. The van der Waals surface area contributed by atoms with Gasteiger partial charge in [-0.25, -0.2) is 0 Å². The Bertz CT molecular complexity index is 460. The number of fused-ring (bicyclic) bond motifs is 1. The van der Waals surface area contributed by atoms with E-state index in [2.05, 4.69) is 59.3 Å². The summed E-state index contributed by atoms with van der Waals surface area (Å²) in [6, 6.07) is 4.16. The molecule has 0 aliphatic heterocycles. The highest BCUT2D eigenvalue weighted by atomic mass is 79.9. The maximum absolute atomic E-state index is 5.92. The predicted octanol–water partition coefficient (Wildman–Crippen LogP) is 5.14. The van der Waals surface area contributed by atoms with Gasteiger partial charge in [-0.1, -0.05) is 53.6 Å². The Hall–Kier alpha value is -1.02. The van der Waals surface area contributed by atoms with E-state index in [0.717, 1.165) is 36.1 Å². The van der Waals surface area contributed by atoms with Crippen molar-refractivity contribution in [3.8, 4) is 5.75 Å². The normalized spacial score (nSPS) is 17.4. The minimum Gasteiger partial charge on any atom is -0.493 e. The quantitative estimate of drug-likeness (QED) is 0.700. The largest absolute Gasteiger partial charge is 0.493 e. The first-order chi connectivity index (χ1) is 8.83. The van der Waals surface area contributed by atoms with E-state index in [4.69, 9.17) is 4.74 Å². The van der Waals surface area contributed by atoms with Crippen molar-refractivity contribution in [2.75, 3.05) is 6.61 Å². The van der Waals surface area contributed by atoms with Crippen LogP contribution in [0.3, 0.4) is 0 Å². The molecule has 2 heteroatoms. The molecule has 0 fully saturated rings. The van der Waals surface area contributed by atoms with Crippen molar-refractivity contribution in [3.05, 3.63) is 46.0 Å². The van der Waals surface area contributed by atoms with E-state index in [1.807, 2.05) is 0 Å². The zero-order chi connectivity index (χ0) is 12.8. The van der Waals surface area contributed by atoms with Gasteiger partial charge in [-0.3, -0.25) is 0 Å². The van der Waals surface area contributed by atoms with Gasteiger partial charge in [0.2, 0.25) is 0 Å². The molecule has 1 aromatic rings. The molecule has 2 rings (SSSR count). The van der Waals surface area contributed by atoms with Gasteiger partial charge in [0.25, 0.3) is 0 Å². The standard InChI is InChI=1S/C16H19BrO/c1-2-3-12-18-16-11-10-15(17)13-8-6-4-5-7-9-14(13)16/h4-6,8,10-11H,2-3,7,9,12H2,1H3/b5-4+,8-6-. The first-order valence-corrected chi connectivity index (χ1v) is 7.39. The topological polar surface area (TPSA) is 9.23 Å². The van der Waals surface area contributed by atoms with E-state index in [1.54, 1.807) is 0 Å². The van der Waals surface area contributed by atoms with E-state index < -0.39 is 0 Å². The van der Waals surface area contributed by atoms with Crippen LogP contribution in [0.15, 0.2) is 34.8 Å². The van der Waals surface area contributed by atoms with E-state index in [0.29, 0.717) is 0 Å². The fourth-order valence-electron chi connectivity index (χ4n) is 2.07.